The molecule has 0 spiro atoms. The molecule has 0 saturated carbocycles. The molecule has 0 bridgehead atoms. The van der Waals surface area contributed by atoms with Crippen molar-refractivity contribution in [2.75, 3.05) is 16.8 Å². The highest BCUT2D eigenvalue weighted by molar-refractivity contribution is 8.27. The lowest BCUT2D eigenvalue weighted by molar-refractivity contribution is -0.118. The molecule has 0 unspecified atom stereocenters. The zero-order valence-corrected chi connectivity index (χ0v) is 20.4. The summed E-state index contributed by atoms with van der Waals surface area (Å²) < 4.78 is 18.9. The molecule has 1 saturated heterocycles. The van der Waals surface area contributed by atoms with Crippen LogP contribution in [0, 0.1) is 5.82 Å². The third-order valence-corrected chi connectivity index (χ3v) is 6.65. The lowest BCUT2D eigenvalue weighted by Gasteiger charge is -2.15. The van der Waals surface area contributed by atoms with Crippen molar-refractivity contribution in [1.29, 1.82) is 0 Å². The summed E-state index contributed by atoms with van der Waals surface area (Å²) in [6, 6.07) is 17.2. The molecular weight excluding hydrogens is 518 g/mol. The van der Waals surface area contributed by atoms with Crippen molar-refractivity contribution in [2.45, 2.75) is 0 Å². The molecular formula is C24H15Cl2FN2O3S2. The Morgan fingerprint density at radius 1 is 1.09 bits per heavy atom. The van der Waals surface area contributed by atoms with Gasteiger partial charge in [0, 0.05) is 5.69 Å². The number of amides is 2. The number of hydrogen-bond acceptors (Lipinski definition) is 5. The number of carbonyl (C=O) groups excluding carboxylic acids is 2. The maximum Gasteiger partial charge on any atom is 0.270 e. The number of hydrogen-bond donors (Lipinski definition) is 1. The van der Waals surface area contributed by atoms with Gasteiger partial charge in [0.1, 0.15) is 11.6 Å². The number of ether oxygens (including phenoxy) is 1. The Labute approximate surface area is 214 Å². The molecule has 0 aliphatic carbocycles. The minimum Gasteiger partial charge on any atom is -0.484 e. The Morgan fingerprint density at radius 3 is 2.59 bits per heavy atom. The Hall–Kier alpha value is -2.91. The summed E-state index contributed by atoms with van der Waals surface area (Å²) in [5, 5.41) is 3.33. The molecule has 5 nitrogen and oxygen atoms in total. The van der Waals surface area contributed by atoms with Crippen LogP contribution in [0.4, 0.5) is 15.8 Å². The van der Waals surface area contributed by atoms with Crippen LogP contribution in [-0.2, 0) is 9.59 Å². The highest BCUT2D eigenvalue weighted by atomic mass is 35.5. The van der Waals surface area contributed by atoms with E-state index < -0.39 is 0 Å². The Kier molecular flexibility index (Phi) is 7.53. The molecule has 10 heteroatoms. The van der Waals surface area contributed by atoms with Gasteiger partial charge in [0.05, 0.1) is 20.6 Å². The van der Waals surface area contributed by atoms with Gasteiger partial charge in [-0.1, -0.05) is 59.3 Å². The Bertz CT molecular complexity index is 1320. The van der Waals surface area contributed by atoms with E-state index in [1.807, 2.05) is 0 Å². The van der Waals surface area contributed by atoms with Gasteiger partial charge in [-0.2, -0.15) is 0 Å². The van der Waals surface area contributed by atoms with E-state index in [1.54, 1.807) is 48.5 Å². The molecule has 0 radical (unpaired) electrons. The zero-order chi connectivity index (χ0) is 24.2. The number of nitrogens with zero attached hydrogens (tertiary/aromatic N) is 1. The van der Waals surface area contributed by atoms with Gasteiger partial charge >= 0.3 is 0 Å². The number of benzene rings is 3. The lowest BCUT2D eigenvalue weighted by atomic mass is 10.2. The quantitative estimate of drug-likeness (QED) is 0.288. The third-order valence-electron chi connectivity index (χ3n) is 4.61. The molecule has 4 rings (SSSR count). The highest BCUT2D eigenvalue weighted by Crippen LogP contribution is 2.38. The topological polar surface area (TPSA) is 58.6 Å². The monoisotopic (exact) mass is 532 g/mol. The molecule has 2 amide bonds. The largest absolute Gasteiger partial charge is 0.484 e. The van der Waals surface area contributed by atoms with E-state index >= 15 is 0 Å². The van der Waals surface area contributed by atoms with Crippen molar-refractivity contribution in [3.05, 3.63) is 93.1 Å². The van der Waals surface area contributed by atoms with E-state index in [4.69, 9.17) is 40.2 Å². The van der Waals surface area contributed by atoms with Gasteiger partial charge in [-0.05, 0) is 66.2 Å². The van der Waals surface area contributed by atoms with Gasteiger partial charge in [0.15, 0.2) is 10.9 Å². The van der Waals surface area contributed by atoms with E-state index in [0.29, 0.717) is 42.0 Å². The first-order valence-electron chi connectivity index (χ1n) is 9.81. The first kappa shape index (κ1) is 24.2. The van der Waals surface area contributed by atoms with Crippen LogP contribution < -0.4 is 15.0 Å². The van der Waals surface area contributed by atoms with Crippen LogP contribution in [0.5, 0.6) is 5.75 Å². The molecule has 1 heterocycles. The van der Waals surface area contributed by atoms with Crippen molar-refractivity contribution >= 4 is 80.8 Å². The minimum atomic E-state index is -0.389. The molecule has 1 aliphatic heterocycles. The fourth-order valence-corrected chi connectivity index (χ4v) is 4.63. The van der Waals surface area contributed by atoms with E-state index in [9.17, 15) is 14.0 Å². The molecule has 172 valence electrons. The molecule has 1 N–H and O–H groups in total. The van der Waals surface area contributed by atoms with Gasteiger partial charge in [-0.15, -0.1) is 0 Å². The molecule has 0 atom stereocenters. The van der Waals surface area contributed by atoms with Crippen LogP contribution in [0.2, 0.25) is 10.0 Å². The van der Waals surface area contributed by atoms with Crippen molar-refractivity contribution in [3.8, 4) is 5.75 Å². The molecule has 1 fully saturated rings. The van der Waals surface area contributed by atoms with Crippen LogP contribution in [0.25, 0.3) is 6.08 Å². The van der Waals surface area contributed by atoms with Gasteiger partial charge < -0.3 is 10.1 Å². The van der Waals surface area contributed by atoms with Gasteiger partial charge in [0.25, 0.3) is 11.8 Å². The zero-order valence-electron chi connectivity index (χ0n) is 17.3. The first-order valence-corrected chi connectivity index (χ1v) is 11.8. The maximum absolute atomic E-state index is 13.0. The third kappa shape index (κ3) is 5.77. The van der Waals surface area contributed by atoms with Crippen LogP contribution in [0.15, 0.2) is 71.6 Å². The highest BCUT2D eigenvalue weighted by Gasteiger charge is 2.33. The van der Waals surface area contributed by atoms with E-state index in [2.05, 4.69) is 5.32 Å². The lowest BCUT2D eigenvalue weighted by Crippen LogP contribution is -2.27. The van der Waals surface area contributed by atoms with Crippen LogP contribution in [0.3, 0.4) is 0 Å². The number of thiocarbonyl (C=S) groups is 1. The minimum absolute atomic E-state index is 0.236. The summed E-state index contributed by atoms with van der Waals surface area (Å²) in [4.78, 5) is 26.9. The average Bonchev–Trinajstić information content (AvgIpc) is 3.09. The SMILES string of the molecule is O=C(COc1cccc(/C=C2\SC(=S)N(c3ccc(Cl)c(Cl)c3)C2=O)c1)Nc1ccc(F)cc1. The molecule has 34 heavy (non-hydrogen) atoms. The Balaban J connectivity index is 1.43. The van der Waals surface area contributed by atoms with Crippen molar-refractivity contribution in [2.24, 2.45) is 0 Å². The average molecular weight is 533 g/mol. The molecule has 1 aliphatic rings. The van der Waals surface area contributed by atoms with E-state index in [1.165, 1.54) is 40.9 Å². The van der Waals surface area contributed by atoms with Crippen LogP contribution in [0.1, 0.15) is 5.56 Å². The maximum atomic E-state index is 13.0. The Morgan fingerprint density at radius 2 is 1.85 bits per heavy atom. The fraction of sp³-hybridized carbons (Fsp3) is 0.0417. The van der Waals surface area contributed by atoms with Crippen molar-refractivity contribution in [1.82, 2.24) is 0 Å². The molecule has 3 aromatic carbocycles. The van der Waals surface area contributed by atoms with E-state index in [0.717, 1.165) is 0 Å². The predicted octanol–water partition coefficient (Wildman–Crippen LogP) is 6.56. The second kappa shape index (κ2) is 10.6. The molecule has 0 aromatic heterocycles. The summed E-state index contributed by atoms with van der Waals surface area (Å²) in [6.45, 7) is -0.236. The van der Waals surface area contributed by atoms with Gasteiger partial charge in [0.2, 0.25) is 0 Å². The van der Waals surface area contributed by atoms with Gasteiger partial charge in [-0.25, -0.2) is 4.39 Å². The summed E-state index contributed by atoms with van der Waals surface area (Å²) in [5.41, 5.74) is 1.70. The summed E-state index contributed by atoms with van der Waals surface area (Å²) in [7, 11) is 0. The number of nitrogens with one attached hydrogen (secondary N) is 1. The van der Waals surface area contributed by atoms with Crippen molar-refractivity contribution in [3.63, 3.8) is 0 Å². The van der Waals surface area contributed by atoms with Gasteiger partial charge in [-0.3, -0.25) is 14.5 Å². The number of carbonyl (C=O) groups is 2. The molecule has 3 aromatic rings. The number of halogens is 3. The van der Waals surface area contributed by atoms with Crippen LogP contribution >= 0.6 is 47.2 Å². The summed E-state index contributed by atoms with van der Waals surface area (Å²) in [6.07, 6.45) is 1.70. The standard InChI is InChI=1S/C24H15Cl2FN2O3S2/c25-19-9-8-17(12-20(19)26)29-23(31)21(34-24(29)33)11-14-2-1-3-18(10-14)32-13-22(30)28-16-6-4-15(27)5-7-16/h1-12H,13H2,(H,28,30)/b21-11-. The smallest absolute Gasteiger partial charge is 0.270 e. The summed E-state index contributed by atoms with van der Waals surface area (Å²) >= 11 is 18.6. The van der Waals surface area contributed by atoms with E-state index in [-0.39, 0.29) is 24.2 Å². The fourth-order valence-electron chi connectivity index (χ4n) is 3.04. The normalized spacial score (nSPS) is 14.6. The second-order valence-corrected chi connectivity index (χ2v) is 9.52. The number of anilines is 2. The van der Waals surface area contributed by atoms with Crippen molar-refractivity contribution < 1.29 is 18.7 Å². The second-order valence-electron chi connectivity index (χ2n) is 7.03. The summed E-state index contributed by atoms with van der Waals surface area (Å²) in [5.74, 6) is -0.610. The van der Waals surface area contributed by atoms with Crippen LogP contribution in [-0.4, -0.2) is 22.7 Å². The number of thioether (sulfide) groups is 1. The predicted molar refractivity (Wildman–Crippen MR) is 139 cm³/mol. The first-order chi connectivity index (χ1) is 16.3. The number of rotatable bonds is 6.